The molecule has 1 N–H and O–H groups in total. The minimum Gasteiger partial charge on any atom is -0.322 e. The molecule has 1 atom stereocenters. The lowest BCUT2D eigenvalue weighted by atomic mass is 10.1. The number of halogens is 2. The summed E-state index contributed by atoms with van der Waals surface area (Å²) < 4.78 is 0. The summed E-state index contributed by atoms with van der Waals surface area (Å²) in [5, 5.41) is 3.55. The lowest BCUT2D eigenvalue weighted by Crippen LogP contribution is -2.28. The van der Waals surface area contributed by atoms with Crippen LogP contribution < -0.4 is 10.2 Å². The van der Waals surface area contributed by atoms with Crippen LogP contribution in [0.4, 0.5) is 11.4 Å². The largest absolute Gasteiger partial charge is 0.322 e. The van der Waals surface area contributed by atoms with Crippen LogP contribution in [0.2, 0.25) is 0 Å². The van der Waals surface area contributed by atoms with E-state index in [9.17, 15) is 4.79 Å². The molecule has 3 rings (SSSR count). The van der Waals surface area contributed by atoms with E-state index in [-0.39, 0.29) is 11.4 Å². The van der Waals surface area contributed by atoms with E-state index in [2.05, 4.69) is 24.1 Å². The molecule has 1 aliphatic heterocycles. The van der Waals surface area contributed by atoms with Gasteiger partial charge in [0.05, 0.1) is 0 Å². The Kier molecular flexibility index (Phi) is 7.59. The number of nitrogens with one attached hydrogen (secondary N) is 1. The van der Waals surface area contributed by atoms with E-state index in [0.717, 1.165) is 36.6 Å². The van der Waals surface area contributed by atoms with Crippen LogP contribution in [-0.2, 0) is 6.54 Å². The summed E-state index contributed by atoms with van der Waals surface area (Å²) >= 11 is 12.7. The van der Waals surface area contributed by atoms with Gasteiger partial charge < -0.3 is 10.2 Å². The summed E-state index contributed by atoms with van der Waals surface area (Å²) in [6, 6.07) is 13.6. The number of amides is 1. The first kappa shape index (κ1) is 22.4. The predicted octanol–water partition coefficient (Wildman–Crippen LogP) is 6.11. The van der Waals surface area contributed by atoms with Crippen LogP contribution in [0.1, 0.15) is 35.3 Å². The van der Waals surface area contributed by atoms with E-state index in [1.807, 2.05) is 61.5 Å². The summed E-state index contributed by atoms with van der Waals surface area (Å²) in [6.07, 6.45) is 5.47. The van der Waals surface area contributed by atoms with Crippen LogP contribution in [0, 0.1) is 6.92 Å². The number of hydrogen-bond donors (Lipinski definition) is 1. The molecule has 1 aliphatic rings. The van der Waals surface area contributed by atoms with Gasteiger partial charge in [-0.15, -0.1) is 0 Å². The van der Waals surface area contributed by atoms with Gasteiger partial charge in [-0.2, -0.15) is 0 Å². The number of nitrogens with zero attached hydrogens (tertiary/aromatic N) is 2. The molecule has 0 aliphatic carbocycles. The van der Waals surface area contributed by atoms with Crippen LogP contribution in [0.3, 0.4) is 0 Å². The van der Waals surface area contributed by atoms with Gasteiger partial charge in [-0.05, 0) is 67.6 Å². The van der Waals surface area contributed by atoms with Gasteiger partial charge in [0, 0.05) is 23.5 Å². The Hall–Kier alpha value is -2.27. The van der Waals surface area contributed by atoms with E-state index in [1.54, 1.807) is 11.0 Å². The standard InChI is InChI=1S/C24H27Cl2N3O/c1-4-28(5-2)16-18-10-12-19(13-11-18)24(30)27-21-15-20(14-9-17(21)3)29-22(25)7-6-8-23(29)26/h6-15,22H,4-5,16H2,1-3H3,(H,27,30). The second kappa shape index (κ2) is 10.2. The zero-order valence-corrected chi connectivity index (χ0v) is 19.0. The van der Waals surface area contributed by atoms with Crippen molar-refractivity contribution in [2.24, 2.45) is 0 Å². The summed E-state index contributed by atoms with van der Waals surface area (Å²) in [6.45, 7) is 9.15. The van der Waals surface area contributed by atoms with Crippen molar-refractivity contribution in [3.8, 4) is 0 Å². The Labute approximate surface area is 188 Å². The van der Waals surface area contributed by atoms with E-state index in [1.165, 1.54) is 5.56 Å². The summed E-state index contributed by atoms with van der Waals surface area (Å²) in [7, 11) is 0. The fourth-order valence-corrected chi connectivity index (χ4v) is 3.96. The second-order valence-electron chi connectivity index (χ2n) is 7.23. The van der Waals surface area contributed by atoms with Gasteiger partial charge >= 0.3 is 0 Å². The zero-order valence-electron chi connectivity index (χ0n) is 17.5. The monoisotopic (exact) mass is 443 g/mol. The molecule has 0 bridgehead atoms. The lowest BCUT2D eigenvalue weighted by molar-refractivity contribution is 0.102. The van der Waals surface area contributed by atoms with Gasteiger partial charge in [0.25, 0.3) is 5.91 Å². The minimum absolute atomic E-state index is 0.146. The van der Waals surface area contributed by atoms with E-state index in [4.69, 9.17) is 23.2 Å². The number of hydrogen-bond acceptors (Lipinski definition) is 3. The lowest BCUT2D eigenvalue weighted by Gasteiger charge is -2.29. The minimum atomic E-state index is -0.382. The van der Waals surface area contributed by atoms with Crippen LogP contribution in [0.25, 0.3) is 0 Å². The maximum Gasteiger partial charge on any atom is 0.255 e. The third-order valence-electron chi connectivity index (χ3n) is 5.24. The number of aryl methyl sites for hydroxylation is 1. The van der Waals surface area contributed by atoms with Crippen molar-refractivity contribution in [3.05, 3.63) is 82.5 Å². The number of anilines is 2. The number of allylic oxidation sites excluding steroid dienone is 2. The second-order valence-corrected chi connectivity index (χ2v) is 8.06. The van der Waals surface area contributed by atoms with Crippen LogP contribution in [-0.4, -0.2) is 29.4 Å². The highest BCUT2D eigenvalue weighted by Gasteiger charge is 2.20. The molecule has 2 aromatic carbocycles. The smallest absolute Gasteiger partial charge is 0.255 e. The van der Waals surface area contributed by atoms with Gasteiger partial charge in [-0.25, -0.2) is 0 Å². The molecule has 1 amide bonds. The van der Waals surface area contributed by atoms with Crippen LogP contribution in [0.5, 0.6) is 0 Å². The Balaban J connectivity index is 1.75. The maximum atomic E-state index is 12.8. The van der Waals surface area contributed by atoms with E-state index in [0.29, 0.717) is 10.7 Å². The number of carbonyl (C=O) groups is 1. The molecule has 0 saturated heterocycles. The van der Waals surface area contributed by atoms with Crippen molar-refractivity contribution in [1.29, 1.82) is 0 Å². The molecule has 158 valence electrons. The molecule has 0 fully saturated rings. The average molecular weight is 444 g/mol. The third-order valence-corrected chi connectivity index (χ3v) is 5.89. The van der Waals surface area contributed by atoms with Gasteiger partial charge in [0.1, 0.15) is 10.7 Å². The fourth-order valence-electron chi connectivity index (χ4n) is 3.33. The van der Waals surface area contributed by atoms with E-state index >= 15 is 0 Å². The quantitative estimate of drug-likeness (QED) is 0.413. The molecule has 30 heavy (non-hydrogen) atoms. The number of carbonyl (C=O) groups excluding carboxylic acids is 1. The topological polar surface area (TPSA) is 35.6 Å². The third kappa shape index (κ3) is 5.25. The van der Waals surface area contributed by atoms with Crippen molar-refractivity contribution >= 4 is 40.5 Å². The first-order valence-electron chi connectivity index (χ1n) is 10.1. The van der Waals surface area contributed by atoms with Crippen LogP contribution in [0.15, 0.2) is 65.8 Å². The Bertz CT molecular complexity index is 949. The number of alkyl halides is 1. The first-order valence-corrected chi connectivity index (χ1v) is 10.9. The number of benzene rings is 2. The van der Waals surface area contributed by atoms with Crippen molar-refractivity contribution in [2.75, 3.05) is 23.3 Å². The summed E-state index contributed by atoms with van der Waals surface area (Å²) in [5.74, 6) is -0.146. The molecule has 1 unspecified atom stereocenters. The molecule has 4 nitrogen and oxygen atoms in total. The van der Waals surface area contributed by atoms with Gasteiger partial charge in [0.15, 0.2) is 0 Å². The molecule has 0 spiro atoms. The van der Waals surface area contributed by atoms with Gasteiger partial charge in [-0.1, -0.05) is 61.3 Å². The molecular weight excluding hydrogens is 417 g/mol. The van der Waals surface area contributed by atoms with Crippen molar-refractivity contribution in [3.63, 3.8) is 0 Å². The van der Waals surface area contributed by atoms with Crippen LogP contribution >= 0.6 is 23.2 Å². The normalized spacial score (nSPS) is 16.0. The van der Waals surface area contributed by atoms with Crippen molar-refractivity contribution < 1.29 is 4.79 Å². The highest BCUT2D eigenvalue weighted by molar-refractivity contribution is 6.33. The number of rotatable bonds is 7. The Morgan fingerprint density at radius 3 is 2.47 bits per heavy atom. The molecule has 2 aromatic rings. The highest BCUT2D eigenvalue weighted by Crippen LogP contribution is 2.32. The molecule has 6 heteroatoms. The molecule has 0 radical (unpaired) electrons. The Morgan fingerprint density at radius 2 is 1.83 bits per heavy atom. The summed E-state index contributed by atoms with van der Waals surface area (Å²) in [4.78, 5) is 17.0. The molecule has 0 aromatic heterocycles. The van der Waals surface area contributed by atoms with Crippen molar-refractivity contribution in [1.82, 2.24) is 4.90 Å². The SMILES string of the molecule is CCN(CC)Cc1ccc(C(=O)Nc2cc(N3C(Cl)=CC=CC3Cl)ccc2C)cc1. The van der Waals surface area contributed by atoms with E-state index < -0.39 is 0 Å². The van der Waals surface area contributed by atoms with Gasteiger partial charge in [0.2, 0.25) is 0 Å². The Morgan fingerprint density at radius 1 is 1.13 bits per heavy atom. The maximum absolute atomic E-state index is 12.8. The van der Waals surface area contributed by atoms with Crippen molar-refractivity contribution in [2.45, 2.75) is 32.8 Å². The first-order chi connectivity index (χ1) is 14.4. The predicted molar refractivity (Wildman–Crippen MR) is 127 cm³/mol. The highest BCUT2D eigenvalue weighted by atomic mass is 35.5. The zero-order chi connectivity index (χ0) is 21.7. The molecule has 1 heterocycles. The molecular formula is C24H27Cl2N3O. The summed E-state index contributed by atoms with van der Waals surface area (Å²) in [5.41, 5.74) is 3.94. The fraction of sp³-hybridized carbons (Fsp3) is 0.292. The van der Waals surface area contributed by atoms with Gasteiger partial charge in [-0.3, -0.25) is 9.69 Å². The average Bonchev–Trinajstić information content (AvgIpc) is 2.74. The molecule has 0 saturated carbocycles.